The normalized spacial score (nSPS) is 20.1. The molecule has 2 saturated heterocycles. The van der Waals surface area contributed by atoms with E-state index in [-0.39, 0.29) is 6.04 Å². The monoisotopic (exact) mass is 585 g/mol. The van der Waals surface area contributed by atoms with Gasteiger partial charge in [0.05, 0.1) is 18.4 Å². The van der Waals surface area contributed by atoms with E-state index in [1.54, 1.807) is 31.0 Å². The van der Waals surface area contributed by atoms with Gasteiger partial charge in [0.1, 0.15) is 0 Å². The number of aromatic nitrogens is 2. The van der Waals surface area contributed by atoms with E-state index in [0.717, 1.165) is 32.7 Å². The van der Waals surface area contributed by atoms with Crippen LogP contribution >= 0.6 is 0 Å². The first-order valence-corrected chi connectivity index (χ1v) is 11.4. The largest absolute Gasteiger partial charge is 0.490 e. The summed E-state index contributed by atoms with van der Waals surface area (Å²) in [5.74, 6) is -6.11. The van der Waals surface area contributed by atoms with Crippen LogP contribution in [0.5, 0.6) is 0 Å². The highest BCUT2D eigenvalue weighted by Crippen LogP contribution is 2.22. The van der Waals surface area contributed by atoms with Gasteiger partial charge in [-0.2, -0.15) is 26.3 Å². The fraction of sp³-hybridized carbons (Fsp3) is 0.500. The third-order valence-electron chi connectivity index (χ3n) is 5.67. The van der Waals surface area contributed by atoms with E-state index >= 15 is 0 Å². The van der Waals surface area contributed by atoms with Crippen LogP contribution in [0, 0.1) is 5.92 Å². The van der Waals surface area contributed by atoms with Crippen molar-refractivity contribution in [3.8, 4) is 0 Å². The summed E-state index contributed by atoms with van der Waals surface area (Å²) in [5.41, 5.74) is 1.17. The third-order valence-corrected chi connectivity index (χ3v) is 5.67. The lowest BCUT2D eigenvalue weighted by molar-refractivity contribution is -0.193. The molecule has 2 fully saturated rings. The van der Waals surface area contributed by atoms with E-state index in [1.807, 2.05) is 11.0 Å². The summed E-state index contributed by atoms with van der Waals surface area (Å²) in [6, 6.07) is 4.02. The molecule has 222 valence electrons. The average molecular weight is 585 g/mol. The maximum atomic E-state index is 11.7. The molecule has 0 amide bonds. The number of piperazine rings is 1. The van der Waals surface area contributed by atoms with Crippen molar-refractivity contribution in [3.05, 3.63) is 42.6 Å². The summed E-state index contributed by atoms with van der Waals surface area (Å²) in [4.78, 5) is 44.9. The first-order chi connectivity index (χ1) is 18.6. The molecule has 2 unspecified atom stereocenters. The van der Waals surface area contributed by atoms with Gasteiger partial charge in [-0.15, -0.1) is 0 Å². The van der Waals surface area contributed by atoms with Crippen LogP contribution in [-0.2, 0) is 20.9 Å². The molecule has 4 heterocycles. The van der Waals surface area contributed by atoms with E-state index in [4.69, 9.17) is 24.2 Å². The number of alkyl halides is 6. The van der Waals surface area contributed by atoms with Crippen molar-refractivity contribution in [1.29, 1.82) is 0 Å². The average Bonchev–Trinajstić information content (AvgIpc) is 3.29. The molecule has 0 radical (unpaired) electrons. The summed E-state index contributed by atoms with van der Waals surface area (Å²) in [7, 11) is 0. The maximum Gasteiger partial charge on any atom is 0.490 e. The van der Waals surface area contributed by atoms with Crippen LogP contribution in [0.4, 0.5) is 32.3 Å². The molecule has 2 aromatic rings. The molecular formula is C22H25F6N5O7. The Balaban J connectivity index is 0.000000333. The molecule has 3 N–H and O–H groups in total. The molecule has 0 aliphatic carbocycles. The Morgan fingerprint density at radius 1 is 0.900 bits per heavy atom. The first kappa shape index (κ1) is 32.3. The van der Waals surface area contributed by atoms with E-state index in [1.165, 1.54) is 5.56 Å². The van der Waals surface area contributed by atoms with E-state index in [2.05, 4.69) is 19.8 Å². The lowest BCUT2D eigenvalue weighted by Gasteiger charge is -2.41. The molecule has 0 aromatic carbocycles. The van der Waals surface area contributed by atoms with Gasteiger partial charge in [0.15, 0.2) is 0 Å². The van der Waals surface area contributed by atoms with Gasteiger partial charge in [0, 0.05) is 69.8 Å². The second kappa shape index (κ2) is 13.9. The summed E-state index contributed by atoms with van der Waals surface area (Å²) in [6.07, 6.45) is -3.28. The number of furan rings is 1. The van der Waals surface area contributed by atoms with Crippen LogP contribution < -0.4 is 4.90 Å². The number of aliphatic carboxylic acids is 3. The Bertz CT molecular complexity index is 1080. The molecule has 4 rings (SSSR count). The van der Waals surface area contributed by atoms with Gasteiger partial charge in [-0.1, -0.05) is 0 Å². The number of anilines is 1. The molecule has 40 heavy (non-hydrogen) atoms. The molecule has 2 aromatic heterocycles. The summed E-state index contributed by atoms with van der Waals surface area (Å²) in [6.45, 7) is 5.28. The predicted octanol–water partition coefficient (Wildman–Crippen LogP) is 2.04. The number of hydrogen-bond acceptors (Lipinski definition) is 9. The Hall–Kier alpha value is -3.93. The van der Waals surface area contributed by atoms with E-state index in [0.29, 0.717) is 19.0 Å². The minimum absolute atomic E-state index is 0.254. The molecule has 12 nitrogen and oxygen atoms in total. The molecule has 0 bridgehead atoms. The third kappa shape index (κ3) is 10.3. The fourth-order valence-corrected chi connectivity index (χ4v) is 3.87. The van der Waals surface area contributed by atoms with Crippen molar-refractivity contribution in [1.82, 2.24) is 19.8 Å². The molecular weight excluding hydrogens is 560 g/mol. The van der Waals surface area contributed by atoms with Crippen LogP contribution in [0.3, 0.4) is 0 Å². The molecule has 18 heteroatoms. The number of halogens is 6. The maximum absolute atomic E-state index is 11.7. The second-order valence-electron chi connectivity index (χ2n) is 8.61. The number of carbonyl (C=O) groups is 3. The Morgan fingerprint density at radius 2 is 1.48 bits per heavy atom. The van der Waals surface area contributed by atoms with Crippen molar-refractivity contribution >= 4 is 23.9 Å². The quantitative estimate of drug-likeness (QED) is 0.449. The highest BCUT2D eigenvalue weighted by Gasteiger charge is 2.39. The molecule has 2 aliphatic heterocycles. The highest BCUT2D eigenvalue weighted by atomic mass is 19.4. The number of hydrogen-bond donors (Lipinski definition) is 3. The number of fused-ring (bicyclic) bond motifs is 1. The van der Waals surface area contributed by atoms with Crippen LogP contribution in [0.2, 0.25) is 0 Å². The van der Waals surface area contributed by atoms with Crippen molar-refractivity contribution in [2.75, 3.05) is 44.2 Å². The van der Waals surface area contributed by atoms with Gasteiger partial charge in [-0.05, 0) is 12.1 Å². The molecule has 2 aliphatic rings. The molecule has 0 saturated carbocycles. The predicted molar refractivity (Wildman–Crippen MR) is 122 cm³/mol. The van der Waals surface area contributed by atoms with Crippen molar-refractivity contribution < 1.29 is 60.5 Å². The van der Waals surface area contributed by atoms with Crippen molar-refractivity contribution in [2.24, 2.45) is 5.92 Å². The first-order valence-electron chi connectivity index (χ1n) is 11.4. The Labute approximate surface area is 222 Å². The van der Waals surface area contributed by atoms with Gasteiger partial charge >= 0.3 is 30.3 Å². The van der Waals surface area contributed by atoms with E-state index < -0.39 is 36.2 Å². The summed E-state index contributed by atoms with van der Waals surface area (Å²) >= 11 is 0. The summed E-state index contributed by atoms with van der Waals surface area (Å²) in [5, 5.41) is 23.9. The smallest absolute Gasteiger partial charge is 0.481 e. The number of rotatable bonds is 4. The minimum atomic E-state index is -5.08. The SMILES string of the molecule is O=C(O)C(F)(F)F.O=C(O)C(F)(F)F.O=C(O)C1CN(c2ncccn2)CC2CN(Cc3ccoc3)CCN2C1. The van der Waals surface area contributed by atoms with Crippen LogP contribution in [0.25, 0.3) is 0 Å². The van der Waals surface area contributed by atoms with Crippen molar-refractivity contribution in [2.45, 2.75) is 24.9 Å². The lowest BCUT2D eigenvalue weighted by Crippen LogP contribution is -2.55. The highest BCUT2D eigenvalue weighted by molar-refractivity contribution is 5.73. The zero-order chi connectivity index (χ0) is 30.1. The van der Waals surface area contributed by atoms with Crippen LogP contribution in [0.1, 0.15) is 5.56 Å². The van der Waals surface area contributed by atoms with Gasteiger partial charge < -0.3 is 24.6 Å². The Morgan fingerprint density at radius 3 is 1.95 bits per heavy atom. The van der Waals surface area contributed by atoms with E-state index in [9.17, 15) is 36.2 Å². The number of carboxylic acid groups (broad SMARTS) is 3. The standard InChI is InChI=1S/C18H23N5O3.2C2HF3O2/c24-17(25)15-9-22-6-5-21(8-14-2-7-26-13-14)11-16(22)12-23(10-15)18-19-3-1-4-20-18;2*3-2(4,5)1(6)7/h1-4,7,13,15-16H,5-6,8-12H2,(H,24,25);2*(H,6,7). The number of nitrogens with zero attached hydrogens (tertiary/aromatic N) is 5. The zero-order valence-electron chi connectivity index (χ0n) is 20.5. The second-order valence-corrected chi connectivity index (χ2v) is 8.61. The topological polar surface area (TPSA) is 161 Å². The minimum Gasteiger partial charge on any atom is -0.481 e. The zero-order valence-corrected chi connectivity index (χ0v) is 20.5. The van der Waals surface area contributed by atoms with Gasteiger partial charge in [-0.3, -0.25) is 14.6 Å². The fourth-order valence-electron chi connectivity index (χ4n) is 3.87. The lowest BCUT2D eigenvalue weighted by atomic mass is 10.1. The van der Waals surface area contributed by atoms with Crippen LogP contribution in [-0.4, -0.2) is 111 Å². The molecule has 2 atom stereocenters. The van der Waals surface area contributed by atoms with Gasteiger partial charge in [-0.25, -0.2) is 19.6 Å². The van der Waals surface area contributed by atoms with Gasteiger partial charge in [0.25, 0.3) is 0 Å². The number of carboxylic acids is 3. The van der Waals surface area contributed by atoms with Gasteiger partial charge in [0.2, 0.25) is 5.95 Å². The molecule has 0 spiro atoms. The van der Waals surface area contributed by atoms with Crippen molar-refractivity contribution in [3.63, 3.8) is 0 Å². The summed E-state index contributed by atoms with van der Waals surface area (Å²) < 4.78 is 68.6. The van der Waals surface area contributed by atoms with Crippen LogP contribution in [0.15, 0.2) is 41.5 Å². The Kier molecular flexibility index (Phi) is 11.2.